The van der Waals surface area contributed by atoms with Gasteiger partial charge in [-0.3, -0.25) is 0 Å². The highest BCUT2D eigenvalue weighted by atomic mass is 79.9. The molecular weight excluding hydrogens is 360 g/mol. The van der Waals surface area contributed by atoms with Crippen molar-refractivity contribution in [3.8, 4) is 0 Å². The maximum atomic E-state index is 3.94. The topological polar surface area (TPSA) is 0 Å². The summed E-state index contributed by atoms with van der Waals surface area (Å²) in [6.07, 6.45) is 6.85. The van der Waals surface area contributed by atoms with Crippen LogP contribution in [0.25, 0.3) is 0 Å². The molecule has 1 radical (unpaired) electrons. The summed E-state index contributed by atoms with van der Waals surface area (Å²) < 4.78 is 0.640. The Morgan fingerprint density at radius 3 is 1.69 bits per heavy atom. The first-order valence-electron chi connectivity index (χ1n) is 4.93. The van der Waals surface area contributed by atoms with Crippen LogP contribution in [0.15, 0.2) is 0 Å². The lowest BCUT2D eigenvalue weighted by molar-refractivity contribution is 0.0994. The van der Waals surface area contributed by atoms with Crippen LogP contribution in [0.4, 0.5) is 0 Å². The van der Waals surface area contributed by atoms with Crippen LogP contribution >= 0.6 is 47.8 Å². The molecule has 0 unspecified atom stereocenters. The summed E-state index contributed by atoms with van der Waals surface area (Å²) in [5, 5.41) is 0. The summed E-state index contributed by atoms with van der Waals surface area (Å²) in [4.78, 5) is 1.49. The molecule has 4 aliphatic rings. The summed E-state index contributed by atoms with van der Waals surface area (Å²) in [5.41, 5.74) is 0. The van der Waals surface area contributed by atoms with Crippen LogP contribution in [0, 0.1) is 16.7 Å². The predicted octanol–water partition coefficient (Wildman–Crippen LogP) is 4.40. The van der Waals surface area contributed by atoms with Gasteiger partial charge in [-0.25, -0.2) is 0 Å². The van der Waals surface area contributed by atoms with E-state index in [9.17, 15) is 0 Å². The van der Waals surface area contributed by atoms with Gasteiger partial charge >= 0.3 is 0 Å². The van der Waals surface area contributed by atoms with Gasteiger partial charge in [-0.1, -0.05) is 47.8 Å². The second-order valence-electron chi connectivity index (χ2n) is 5.03. The number of alkyl halides is 2. The number of hydrogen-bond donors (Lipinski definition) is 0. The number of rotatable bonds is 0. The van der Waals surface area contributed by atoms with Gasteiger partial charge in [0.15, 0.2) is 0 Å². The molecule has 4 bridgehead atoms. The molecule has 4 saturated carbocycles. The Balaban J connectivity index is 2.03. The van der Waals surface area contributed by atoms with Crippen LogP contribution in [0.1, 0.15) is 32.1 Å². The number of halogens is 3. The summed E-state index contributed by atoms with van der Waals surface area (Å²) in [5.74, 6) is 1.90. The van der Waals surface area contributed by atoms with Gasteiger partial charge in [-0.15, -0.1) is 0 Å². The molecule has 73 valence electrons. The highest BCUT2D eigenvalue weighted by Crippen LogP contribution is 2.69. The van der Waals surface area contributed by atoms with E-state index in [2.05, 4.69) is 47.8 Å². The third-order valence-electron chi connectivity index (χ3n) is 3.90. The van der Waals surface area contributed by atoms with Crippen LogP contribution in [0.5, 0.6) is 0 Å². The molecule has 13 heavy (non-hydrogen) atoms. The zero-order valence-corrected chi connectivity index (χ0v) is 12.1. The minimum Gasteiger partial charge on any atom is -0.0837 e. The minimum atomic E-state index is 0.320. The fourth-order valence-corrected chi connectivity index (χ4v) is 7.21. The highest BCUT2D eigenvalue weighted by Gasteiger charge is 2.61. The monoisotopic (exact) mass is 369 g/mol. The van der Waals surface area contributed by atoms with Crippen LogP contribution in [0.3, 0.4) is 0 Å². The minimum absolute atomic E-state index is 0.320. The molecule has 0 aromatic rings. The quantitative estimate of drug-likeness (QED) is 0.553. The molecule has 4 fully saturated rings. The van der Waals surface area contributed by atoms with Gasteiger partial charge in [0.1, 0.15) is 0 Å². The van der Waals surface area contributed by atoms with Crippen molar-refractivity contribution in [3.63, 3.8) is 0 Å². The average molecular weight is 372 g/mol. The van der Waals surface area contributed by atoms with Gasteiger partial charge in [0.05, 0.1) is 4.83 Å². The normalized spacial score (nSPS) is 60.2. The van der Waals surface area contributed by atoms with Crippen molar-refractivity contribution in [1.82, 2.24) is 0 Å². The van der Waals surface area contributed by atoms with E-state index >= 15 is 0 Å². The standard InChI is InChI=1S/C10H12Br3/c11-8-9(12)2-6-1-7(4-9)5-10(8,13)3-6/h6-7H,1-5H2. The van der Waals surface area contributed by atoms with Crippen LogP contribution in [0.2, 0.25) is 0 Å². The predicted molar refractivity (Wildman–Crippen MR) is 65.6 cm³/mol. The van der Waals surface area contributed by atoms with E-state index in [1.54, 1.807) is 0 Å². The maximum Gasteiger partial charge on any atom is 0.0743 e. The molecule has 0 heterocycles. The fraction of sp³-hybridized carbons (Fsp3) is 0.900. The molecular formula is C10H12Br3. The molecule has 4 rings (SSSR count). The Kier molecular flexibility index (Phi) is 2.05. The molecule has 0 amide bonds. The van der Waals surface area contributed by atoms with E-state index < -0.39 is 0 Å². The third kappa shape index (κ3) is 1.25. The van der Waals surface area contributed by atoms with Crippen molar-refractivity contribution < 1.29 is 0 Å². The van der Waals surface area contributed by atoms with Gasteiger partial charge in [0.25, 0.3) is 0 Å². The lowest BCUT2D eigenvalue weighted by atomic mass is 9.56. The molecule has 0 aliphatic heterocycles. The highest BCUT2D eigenvalue weighted by molar-refractivity contribution is 9.15. The van der Waals surface area contributed by atoms with Gasteiger partial charge in [-0.05, 0) is 43.9 Å². The van der Waals surface area contributed by atoms with Gasteiger partial charge in [-0.2, -0.15) is 0 Å². The molecule has 0 saturated heterocycles. The van der Waals surface area contributed by atoms with Crippen LogP contribution in [-0.4, -0.2) is 8.65 Å². The first-order valence-corrected chi connectivity index (χ1v) is 7.31. The van der Waals surface area contributed by atoms with Crippen molar-refractivity contribution in [2.45, 2.75) is 40.8 Å². The zero-order valence-electron chi connectivity index (χ0n) is 7.32. The van der Waals surface area contributed by atoms with Gasteiger partial charge in [0, 0.05) is 8.65 Å². The van der Waals surface area contributed by atoms with E-state index in [0.29, 0.717) is 8.65 Å². The van der Waals surface area contributed by atoms with Crippen molar-refractivity contribution in [2.24, 2.45) is 11.8 Å². The Bertz CT molecular complexity index is 215. The molecule has 0 nitrogen and oxygen atoms in total. The first-order chi connectivity index (χ1) is 6.02. The van der Waals surface area contributed by atoms with Crippen molar-refractivity contribution in [3.05, 3.63) is 4.83 Å². The summed E-state index contributed by atoms with van der Waals surface area (Å²) in [7, 11) is 0. The van der Waals surface area contributed by atoms with Crippen molar-refractivity contribution in [1.29, 1.82) is 0 Å². The second-order valence-corrected chi connectivity index (χ2v) is 8.86. The smallest absolute Gasteiger partial charge is 0.0743 e. The largest absolute Gasteiger partial charge is 0.0837 e. The van der Waals surface area contributed by atoms with E-state index in [1.165, 1.54) is 36.9 Å². The van der Waals surface area contributed by atoms with E-state index in [1.807, 2.05) is 0 Å². The fourth-order valence-electron chi connectivity index (χ4n) is 3.71. The number of hydrogen-bond acceptors (Lipinski definition) is 0. The zero-order chi connectivity index (χ0) is 9.27. The molecule has 0 atom stereocenters. The van der Waals surface area contributed by atoms with E-state index in [-0.39, 0.29) is 0 Å². The lowest BCUT2D eigenvalue weighted by Crippen LogP contribution is -2.57. The Hall–Kier alpha value is 1.44. The van der Waals surface area contributed by atoms with Crippen LogP contribution < -0.4 is 0 Å². The summed E-state index contributed by atoms with van der Waals surface area (Å²) in [6, 6.07) is 0. The maximum absolute atomic E-state index is 3.94. The Morgan fingerprint density at radius 2 is 1.31 bits per heavy atom. The Labute approximate surface area is 105 Å². The molecule has 0 N–H and O–H groups in total. The van der Waals surface area contributed by atoms with Gasteiger partial charge < -0.3 is 0 Å². The van der Waals surface area contributed by atoms with Crippen molar-refractivity contribution >= 4 is 47.8 Å². The van der Waals surface area contributed by atoms with E-state index in [4.69, 9.17) is 0 Å². The second kappa shape index (κ2) is 2.76. The summed E-state index contributed by atoms with van der Waals surface area (Å²) >= 11 is 11.7. The lowest BCUT2D eigenvalue weighted by Gasteiger charge is -2.60. The SMILES string of the molecule is Br[C]1C2(Br)CC3CC(C2)CC1(Br)C3. The van der Waals surface area contributed by atoms with E-state index in [0.717, 1.165) is 11.8 Å². The van der Waals surface area contributed by atoms with Crippen LogP contribution in [-0.2, 0) is 0 Å². The van der Waals surface area contributed by atoms with Gasteiger partial charge in [0.2, 0.25) is 0 Å². The summed E-state index contributed by atoms with van der Waals surface area (Å²) in [6.45, 7) is 0. The van der Waals surface area contributed by atoms with Crippen molar-refractivity contribution in [2.75, 3.05) is 0 Å². The average Bonchev–Trinajstić information content (AvgIpc) is 1.97. The molecule has 4 aliphatic carbocycles. The first kappa shape index (κ1) is 9.65. The molecule has 0 spiro atoms. The molecule has 0 aromatic carbocycles. The molecule has 3 heteroatoms. The molecule has 0 aromatic heterocycles. The third-order valence-corrected chi connectivity index (χ3v) is 8.57. The Morgan fingerprint density at radius 1 is 0.923 bits per heavy atom.